The number of rotatable bonds is 4. The lowest BCUT2D eigenvalue weighted by molar-refractivity contribution is 0.413. The van der Waals surface area contributed by atoms with Crippen LogP contribution < -0.4 is 15.9 Å². The Morgan fingerprint density at radius 1 is 1.20 bits per heavy atom. The third kappa shape index (κ3) is 3.38. The number of nitrogens with zero attached hydrogens (tertiary/aromatic N) is 3. The van der Waals surface area contributed by atoms with Crippen molar-refractivity contribution in [2.75, 3.05) is 18.0 Å². The van der Waals surface area contributed by atoms with E-state index in [-0.39, 0.29) is 5.69 Å². The van der Waals surface area contributed by atoms with Crippen molar-refractivity contribution in [3.63, 3.8) is 0 Å². The number of aromatic amines is 2. The van der Waals surface area contributed by atoms with Crippen molar-refractivity contribution in [1.29, 1.82) is 0 Å². The monoisotopic (exact) mass is 358 g/mol. The number of piperidine rings is 1. The molecule has 1 saturated heterocycles. The summed E-state index contributed by atoms with van der Waals surface area (Å²) in [4.78, 5) is 27.6. The van der Waals surface area contributed by atoms with Crippen LogP contribution in [-0.2, 0) is 6.54 Å². The third-order valence-corrected chi connectivity index (χ3v) is 5.00. The van der Waals surface area contributed by atoms with E-state index in [1.54, 1.807) is 0 Å². The van der Waals surface area contributed by atoms with Gasteiger partial charge in [0, 0.05) is 30.7 Å². The van der Waals surface area contributed by atoms with E-state index in [2.05, 4.69) is 30.2 Å². The number of fused-ring (bicyclic) bond motifs is 1. The molecule has 2 aromatic heterocycles. The highest BCUT2D eigenvalue weighted by atomic mass is 35.5. The number of H-pyrrole nitrogens is 2. The van der Waals surface area contributed by atoms with E-state index in [4.69, 9.17) is 11.6 Å². The summed E-state index contributed by atoms with van der Waals surface area (Å²) in [7, 11) is 0. The molecule has 4 rings (SSSR count). The molecule has 8 heteroatoms. The second-order valence-electron chi connectivity index (χ2n) is 6.23. The summed E-state index contributed by atoms with van der Waals surface area (Å²) >= 11 is 6.21. The predicted octanol–water partition coefficient (Wildman–Crippen LogP) is 2.06. The summed E-state index contributed by atoms with van der Waals surface area (Å²) in [5.74, 6) is 0.785. The standard InChI is InChI=1S/C17H19ClN6O/c18-13-4-2-1-3-11(13)9-19-12-5-7-24(8-6-12)16-14-15(20-10-21-16)23-17(25)22-14/h1-4,10,12,19H,5-9H2,(H2,20,21,22,23,25). The molecule has 1 aliphatic heterocycles. The van der Waals surface area contributed by atoms with Crippen molar-refractivity contribution < 1.29 is 0 Å². The zero-order valence-corrected chi connectivity index (χ0v) is 14.4. The van der Waals surface area contributed by atoms with E-state index in [9.17, 15) is 4.79 Å². The molecule has 3 N–H and O–H groups in total. The Bertz CT molecular complexity index is 928. The molecule has 0 radical (unpaired) electrons. The Morgan fingerprint density at radius 2 is 2.00 bits per heavy atom. The summed E-state index contributed by atoms with van der Waals surface area (Å²) in [5, 5.41) is 4.38. The lowest BCUT2D eigenvalue weighted by atomic mass is 10.0. The largest absolute Gasteiger partial charge is 0.355 e. The maximum absolute atomic E-state index is 11.5. The molecule has 0 spiro atoms. The molecule has 0 bridgehead atoms. The van der Waals surface area contributed by atoms with Crippen molar-refractivity contribution >= 4 is 28.6 Å². The number of anilines is 1. The second-order valence-corrected chi connectivity index (χ2v) is 6.64. The SMILES string of the molecule is O=c1[nH]c2ncnc(N3CCC(NCc4ccccc4Cl)CC3)c2[nH]1. The normalized spacial score (nSPS) is 15.8. The first-order valence-corrected chi connectivity index (χ1v) is 8.73. The van der Waals surface area contributed by atoms with Gasteiger partial charge in [0.15, 0.2) is 11.5 Å². The maximum Gasteiger partial charge on any atom is 0.325 e. The molecule has 0 amide bonds. The van der Waals surface area contributed by atoms with Gasteiger partial charge < -0.3 is 15.2 Å². The van der Waals surface area contributed by atoms with Gasteiger partial charge in [0.25, 0.3) is 0 Å². The van der Waals surface area contributed by atoms with Crippen LogP contribution in [0.1, 0.15) is 18.4 Å². The van der Waals surface area contributed by atoms with Crippen LogP contribution in [0.25, 0.3) is 11.2 Å². The highest BCUT2D eigenvalue weighted by molar-refractivity contribution is 6.31. The second kappa shape index (κ2) is 6.85. The van der Waals surface area contributed by atoms with Gasteiger partial charge in [0.05, 0.1) is 0 Å². The third-order valence-electron chi connectivity index (χ3n) is 4.63. The molecule has 1 aromatic carbocycles. The molecule has 0 aliphatic carbocycles. The Kier molecular flexibility index (Phi) is 4.42. The molecular weight excluding hydrogens is 340 g/mol. The van der Waals surface area contributed by atoms with E-state index < -0.39 is 0 Å². The fourth-order valence-corrected chi connectivity index (χ4v) is 3.47. The smallest absolute Gasteiger partial charge is 0.325 e. The van der Waals surface area contributed by atoms with Crippen molar-refractivity contribution in [2.45, 2.75) is 25.4 Å². The number of hydrogen-bond acceptors (Lipinski definition) is 5. The Labute approximate surface area is 149 Å². The lowest BCUT2D eigenvalue weighted by Gasteiger charge is -2.33. The fourth-order valence-electron chi connectivity index (χ4n) is 3.27. The van der Waals surface area contributed by atoms with Gasteiger partial charge in [0.1, 0.15) is 11.8 Å². The molecule has 0 atom stereocenters. The van der Waals surface area contributed by atoms with Crippen molar-refractivity contribution in [3.05, 3.63) is 51.7 Å². The summed E-state index contributed by atoms with van der Waals surface area (Å²) < 4.78 is 0. The van der Waals surface area contributed by atoms with Crippen LogP contribution >= 0.6 is 11.6 Å². The minimum absolute atomic E-state index is 0.256. The molecule has 3 heterocycles. The average molecular weight is 359 g/mol. The Hall–Kier alpha value is -2.38. The molecule has 7 nitrogen and oxygen atoms in total. The molecule has 1 fully saturated rings. The molecule has 130 valence electrons. The molecule has 25 heavy (non-hydrogen) atoms. The minimum Gasteiger partial charge on any atom is -0.355 e. The van der Waals surface area contributed by atoms with Crippen molar-refractivity contribution in [3.8, 4) is 0 Å². The van der Waals surface area contributed by atoms with Crippen molar-refractivity contribution in [2.24, 2.45) is 0 Å². The zero-order valence-electron chi connectivity index (χ0n) is 13.6. The van der Waals surface area contributed by atoms with Crippen LogP contribution in [0.2, 0.25) is 5.02 Å². The first-order valence-electron chi connectivity index (χ1n) is 8.35. The van der Waals surface area contributed by atoms with Gasteiger partial charge >= 0.3 is 5.69 Å². The molecule has 0 unspecified atom stereocenters. The number of nitrogens with one attached hydrogen (secondary N) is 3. The van der Waals surface area contributed by atoms with E-state index in [1.165, 1.54) is 6.33 Å². The highest BCUT2D eigenvalue weighted by Gasteiger charge is 2.22. The first kappa shape index (κ1) is 16.1. The Balaban J connectivity index is 1.39. The molecule has 0 saturated carbocycles. The van der Waals surface area contributed by atoms with Gasteiger partial charge in [-0.2, -0.15) is 0 Å². The number of aromatic nitrogens is 4. The molecule has 3 aromatic rings. The number of imidazole rings is 1. The summed E-state index contributed by atoms with van der Waals surface area (Å²) in [6.45, 7) is 2.52. The Morgan fingerprint density at radius 3 is 2.80 bits per heavy atom. The van der Waals surface area contributed by atoms with Gasteiger partial charge in [-0.3, -0.25) is 4.98 Å². The van der Waals surface area contributed by atoms with Gasteiger partial charge in [-0.15, -0.1) is 0 Å². The predicted molar refractivity (Wildman–Crippen MR) is 98.0 cm³/mol. The minimum atomic E-state index is -0.256. The molecular formula is C17H19ClN6O. The number of benzene rings is 1. The topological polar surface area (TPSA) is 89.7 Å². The summed E-state index contributed by atoms with van der Waals surface area (Å²) in [6, 6.07) is 8.35. The van der Waals surface area contributed by atoms with E-state index >= 15 is 0 Å². The van der Waals surface area contributed by atoms with Crippen LogP contribution in [0.4, 0.5) is 5.82 Å². The van der Waals surface area contributed by atoms with Crippen LogP contribution in [-0.4, -0.2) is 39.1 Å². The van der Waals surface area contributed by atoms with Gasteiger partial charge in [-0.25, -0.2) is 14.8 Å². The van der Waals surface area contributed by atoms with Crippen molar-refractivity contribution in [1.82, 2.24) is 25.3 Å². The summed E-state index contributed by atoms with van der Waals surface area (Å²) in [5.41, 5.74) is 2.09. The fraction of sp³-hybridized carbons (Fsp3) is 0.353. The summed E-state index contributed by atoms with van der Waals surface area (Å²) in [6.07, 6.45) is 3.50. The lowest BCUT2D eigenvalue weighted by Crippen LogP contribution is -2.42. The van der Waals surface area contributed by atoms with Gasteiger partial charge in [0.2, 0.25) is 0 Å². The highest BCUT2D eigenvalue weighted by Crippen LogP contribution is 2.23. The van der Waals surface area contributed by atoms with E-state index in [0.29, 0.717) is 17.2 Å². The molecule has 1 aliphatic rings. The van der Waals surface area contributed by atoms with Gasteiger partial charge in [-0.1, -0.05) is 29.8 Å². The van der Waals surface area contributed by atoms with Gasteiger partial charge in [-0.05, 0) is 24.5 Å². The zero-order chi connectivity index (χ0) is 17.2. The number of hydrogen-bond donors (Lipinski definition) is 3. The van der Waals surface area contributed by atoms with Crippen LogP contribution in [0.15, 0.2) is 35.4 Å². The average Bonchev–Trinajstić information content (AvgIpc) is 3.02. The quantitative estimate of drug-likeness (QED) is 0.664. The van der Waals surface area contributed by atoms with Crippen LogP contribution in [0.5, 0.6) is 0 Å². The van der Waals surface area contributed by atoms with E-state index in [0.717, 1.165) is 48.9 Å². The van der Waals surface area contributed by atoms with Crippen LogP contribution in [0, 0.1) is 0 Å². The van der Waals surface area contributed by atoms with E-state index in [1.807, 2.05) is 24.3 Å². The maximum atomic E-state index is 11.5. The first-order chi connectivity index (χ1) is 12.2. The number of halogens is 1. The van der Waals surface area contributed by atoms with Crippen LogP contribution in [0.3, 0.4) is 0 Å².